The van der Waals surface area contributed by atoms with E-state index in [2.05, 4.69) is 38.3 Å². The van der Waals surface area contributed by atoms with E-state index < -0.39 is 0 Å². The van der Waals surface area contributed by atoms with Crippen molar-refractivity contribution in [1.29, 1.82) is 0 Å². The summed E-state index contributed by atoms with van der Waals surface area (Å²) in [6, 6.07) is 0.0159. The van der Waals surface area contributed by atoms with E-state index in [1.807, 2.05) is 38.4 Å². The fourth-order valence-corrected chi connectivity index (χ4v) is 2.68. The van der Waals surface area contributed by atoms with Gasteiger partial charge in [0.05, 0.1) is 11.7 Å². The maximum atomic E-state index is 6.00. The molecule has 0 aromatic carbocycles. The number of rotatable bonds is 9. The van der Waals surface area contributed by atoms with Crippen molar-refractivity contribution in [3.05, 3.63) is 65.2 Å². The maximum Gasteiger partial charge on any atom is 0.134 e. The van der Waals surface area contributed by atoms with Crippen LogP contribution in [0.2, 0.25) is 0 Å². The summed E-state index contributed by atoms with van der Waals surface area (Å²) in [4.78, 5) is 17.3. The van der Waals surface area contributed by atoms with Gasteiger partial charge in [-0.15, -0.1) is 0 Å². The molecule has 0 saturated heterocycles. The van der Waals surface area contributed by atoms with Crippen LogP contribution in [0.4, 0.5) is 5.82 Å². The lowest BCUT2D eigenvalue weighted by Crippen LogP contribution is -2.15. The molecule has 144 valence electrons. The van der Waals surface area contributed by atoms with Gasteiger partial charge in [-0.2, -0.15) is 0 Å². The predicted octanol–water partition coefficient (Wildman–Crippen LogP) is 2.60. The molecule has 0 aliphatic heterocycles. The Labute approximate surface area is 161 Å². The Hall–Kier alpha value is -2.64. The zero-order valence-corrected chi connectivity index (χ0v) is 16.3. The number of hydrogen-bond donors (Lipinski definition) is 3. The van der Waals surface area contributed by atoms with Crippen molar-refractivity contribution in [2.75, 3.05) is 11.9 Å². The Morgan fingerprint density at radius 2 is 1.93 bits per heavy atom. The van der Waals surface area contributed by atoms with Crippen molar-refractivity contribution < 1.29 is 0 Å². The number of hydrogen-bond acceptors (Lipinski definition) is 7. The van der Waals surface area contributed by atoms with Crippen LogP contribution in [0.25, 0.3) is 0 Å². The maximum absolute atomic E-state index is 6.00. The molecule has 0 unspecified atom stereocenters. The minimum atomic E-state index is 0.0159. The molecule has 0 radical (unpaired) electrons. The summed E-state index contributed by atoms with van der Waals surface area (Å²) in [5.41, 5.74) is 15.6. The molecule has 7 nitrogen and oxygen atoms in total. The normalized spacial score (nSPS) is 13.1. The fraction of sp³-hybridized carbons (Fsp3) is 0.400. The van der Waals surface area contributed by atoms with Crippen molar-refractivity contribution in [2.24, 2.45) is 11.5 Å². The Kier molecular flexibility index (Phi) is 8.03. The highest BCUT2D eigenvalue weighted by Crippen LogP contribution is 2.22. The highest BCUT2D eigenvalue weighted by molar-refractivity contribution is 5.47. The number of aromatic nitrogens is 4. The summed E-state index contributed by atoms with van der Waals surface area (Å²) in [5.74, 6) is 1.52. The van der Waals surface area contributed by atoms with E-state index in [1.54, 1.807) is 6.33 Å². The average Bonchev–Trinajstić information content (AvgIpc) is 2.67. The third-order valence-electron chi connectivity index (χ3n) is 4.26. The van der Waals surface area contributed by atoms with Gasteiger partial charge in [0, 0.05) is 36.6 Å². The second kappa shape index (κ2) is 10.5. The molecule has 0 aliphatic rings. The van der Waals surface area contributed by atoms with Crippen LogP contribution in [-0.2, 0) is 13.0 Å². The topological polar surface area (TPSA) is 116 Å². The van der Waals surface area contributed by atoms with E-state index >= 15 is 0 Å². The van der Waals surface area contributed by atoms with Gasteiger partial charge in [-0.1, -0.05) is 23.8 Å². The van der Waals surface area contributed by atoms with Gasteiger partial charge in [0.15, 0.2) is 0 Å². The summed E-state index contributed by atoms with van der Waals surface area (Å²) < 4.78 is 0. The van der Waals surface area contributed by atoms with Crippen LogP contribution in [0.5, 0.6) is 0 Å². The summed E-state index contributed by atoms with van der Waals surface area (Å²) in [6.07, 6.45) is 13.1. The third-order valence-corrected chi connectivity index (χ3v) is 4.26. The van der Waals surface area contributed by atoms with Gasteiger partial charge in [-0.25, -0.2) is 19.9 Å². The van der Waals surface area contributed by atoms with Gasteiger partial charge < -0.3 is 16.8 Å². The molecule has 2 rings (SSSR count). The second-order valence-electron chi connectivity index (χ2n) is 6.41. The van der Waals surface area contributed by atoms with Crippen LogP contribution in [0.15, 0.2) is 42.5 Å². The highest BCUT2D eigenvalue weighted by atomic mass is 15.0. The molecule has 0 saturated carbocycles. The standard InChI is InChI=1S/C20H29N7/c1-14(7-5-9-21)6-4-8-19-18(10-22)20(26-13-25-19)27-15(2)17-11-23-16(3)24-12-17/h5-7,11-13,15H,4,8-10,21-22H2,1-3H3,(H,25,26,27)/b7-5-,14-6?/t15-/m1/s1. The quantitative estimate of drug-likeness (QED) is 0.583. The van der Waals surface area contributed by atoms with Crippen molar-refractivity contribution in [3.63, 3.8) is 0 Å². The lowest BCUT2D eigenvalue weighted by molar-refractivity contribution is 0.820. The molecule has 27 heavy (non-hydrogen) atoms. The SMILES string of the molecule is CC(=CCCc1ncnc(N[C@H](C)c2cnc(C)nc2)c1CN)/C=C\CN. The Bertz CT molecular complexity index is 781. The van der Waals surface area contributed by atoms with Crippen molar-refractivity contribution >= 4 is 5.82 Å². The van der Waals surface area contributed by atoms with E-state index in [9.17, 15) is 0 Å². The van der Waals surface area contributed by atoms with Gasteiger partial charge >= 0.3 is 0 Å². The molecule has 0 spiro atoms. The zero-order chi connectivity index (χ0) is 19.6. The van der Waals surface area contributed by atoms with E-state index in [-0.39, 0.29) is 6.04 Å². The minimum Gasteiger partial charge on any atom is -0.363 e. The van der Waals surface area contributed by atoms with Crippen LogP contribution >= 0.6 is 0 Å². The van der Waals surface area contributed by atoms with Gasteiger partial charge in [0.2, 0.25) is 0 Å². The molecule has 0 aliphatic carbocycles. The molecule has 2 heterocycles. The first kappa shape index (κ1) is 20.7. The van der Waals surface area contributed by atoms with Crippen molar-refractivity contribution in [1.82, 2.24) is 19.9 Å². The van der Waals surface area contributed by atoms with Gasteiger partial charge in [-0.3, -0.25) is 0 Å². The largest absolute Gasteiger partial charge is 0.363 e. The Morgan fingerprint density at radius 3 is 2.59 bits per heavy atom. The minimum absolute atomic E-state index is 0.0159. The second-order valence-corrected chi connectivity index (χ2v) is 6.41. The number of nitrogens with one attached hydrogen (secondary N) is 1. The smallest absolute Gasteiger partial charge is 0.134 e. The molecular weight excluding hydrogens is 338 g/mol. The van der Waals surface area contributed by atoms with Crippen LogP contribution in [0.1, 0.15) is 49.0 Å². The van der Waals surface area contributed by atoms with E-state index in [4.69, 9.17) is 11.5 Å². The zero-order valence-electron chi connectivity index (χ0n) is 16.3. The molecule has 7 heteroatoms. The third kappa shape index (κ3) is 6.23. The molecule has 2 aromatic heterocycles. The first-order chi connectivity index (χ1) is 13.0. The van der Waals surface area contributed by atoms with Crippen LogP contribution in [-0.4, -0.2) is 26.5 Å². The molecule has 1 atom stereocenters. The van der Waals surface area contributed by atoms with Crippen LogP contribution < -0.4 is 16.8 Å². The first-order valence-electron chi connectivity index (χ1n) is 9.16. The molecule has 0 amide bonds. The van der Waals surface area contributed by atoms with Crippen molar-refractivity contribution in [3.8, 4) is 0 Å². The van der Waals surface area contributed by atoms with Crippen LogP contribution in [0.3, 0.4) is 0 Å². The lowest BCUT2D eigenvalue weighted by atomic mass is 10.1. The number of anilines is 1. The molecule has 5 N–H and O–H groups in total. The van der Waals surface area contributed by atoms with Gasteiger partial charge in [-0.05, 0) is 33.6 Å². The van der Waals surface area contributed by atoms with E-state index in [1.165, 1.54) is 5.57 Å². The number of allylic oxidation sites excluding steroid dienone is 3. The monoisotopic (exact) mass is 367 g/mol. The molecule has 0 fully saturated rings. The van der Waals surface area contributed by atoms with Crippen LogP contribution in [0, 0.1) is 6.92 Å². The molecule has 2 aromatic rings. The van der Waals surface area contributed by atoms with Gasteiger partial charge in [0.1, 0.15) is 18.0 Å². The van der Waals surface area contributed by atoms with Gasteiger partial charge in [0.25, 0.3) is 0 Å². The lowest BCUT2D eigenvalue weighted by Gasteiger charge is -2.18. The van der Waals surface area contributed by atoms with E-state index in [0.29, 0.717) is 13.1 Å². The molecule has 0 bridgehead atoms. The number of nitrogens with two attached hydrogens (primary N) is 2. The Morgan fingerprint density at radius 1 is 1.19 bits per heavy atom. The first-order valence-corrected chi connectivity index (χ1v) is 9.16. The summed E-state index contributed by atoms with van der Waals surface area (Å²) in [7, 11) is 0. The highest BCUT2D eigenvalue weighted by Gasteiger charge is 2.13. The average molecular weight is 368 g/mol. The predicted molar refractivity (Wildman–Crippen MR) is 109 cm³/mol. The van der Waals surface area contributed by atoms with Crippen molar-refractivity contribution in [2.45, 2.75) is 46.2 Å². The number of aryl methyl sites for hydroxylation is 2. The summed E-state index contributed by atoms with van der Waals surface area (Å²) in [5, 5.41) is 3.41. The summed E-state index contributed by atoms with van der Waals surface area (Å²) >= 11 is 0. The number of nitrogens with zero attached hydrogens (tertiary/aromatic N) is 4. The van der Waals surface area contributed by atoms with E-state index in [0.717, 1.165) is 41.3 Å². The fourth-order valence-electron chi connectivity index (χ4n) is 2.68. The summed E-state index contributed by atoms with van der Waals surface area (Å²) in [6.45, 7) is 6.91. The molecular formula is C20H29N7. The Balaban J connectivity index is 2.10.